The largest absolute Gasteiger partial charge is 0.308 e. The van der Waals surface area contributed by atoms with E-state index in [1.54, 1.807) is 0 Å². The molecule has 0 aliphatic heterocycles. The number of nitrogens with zero attached hydrogens (tertiary/aromatic N) is 5. The van der Waals surface area contributed by atoms with Crippen LogP contribution in [0.3, 0.4) is 0 Å². The molecule has 0 unspecified atom stereocenters. The van der Waals surface area contributed by atoms with E-state index in [4.69, 9.17) is 15.0 Å². The van der Waals surface area contributed by atoms with Gasteiger partial charge < -0.3 is 9.13 Å². The second kappa shape index (κ2) is 17.5. The van der Waals surface area contributed by atoms with Gasteiger partial charge in [-0.15, -0.1) is 11.3 Å². The first kappa shape index (κ1) is 42.9. The predicted octanol–water partition coefficient (Wildman–Crippen LogP) is 18.4. The molecule has 0 bridgehead atoms. The molecule has 0 saturated heterocycles. The summed E-state index contributed by atoms with van der Waals surface area (Å²) in [5.41, 5.74) is 16.4. The molecule has 350 valence electrons. The van der Waals surface area contributed by atoms with Crippen LogP contribution in [-0.2, 0) is 0 Å². The zero-order valence-corrected chi connectivity index (χ0v) is 41.3. The van der Waals surface area contributed by atoms with Crippen LogP contribution in [0.1, 0.15) is 0 Å². The van der Waals surface area contributed by atoms with Crippen molar-refractivity contribution in [2.24, 2.45) is 0 Å². The summed E-state index contributed by atoms with van der Waals surface area (Å²) in [7, 11) is 0. The van der Waals surface area contributed by atoms with Crippen LogP contribution in [0.15, 0.2) is 261 Å². The van der Waals surface area contributed by atoms with Crippen LogP contribution in [0.5, 0.6) is 0 Å². The van der Waals surface area contributed by atoms with E-state index in [1.165, 1.54) is 69.4 Å². The van der Waals surface area contributed by atoms with Crippen molar-refractivity contribution in [3.63, 3.8) is 0 Å². The van der Waals surface area contributed by atoms with Crippen LogP contribution >= 0.6 is 11.3 Å². The van der Waals surface area contributed by atoms with Gasteiger partial charge in [0.05, 0.1) is 31.5 Å². The molecule has 0 aliphatic carbocycles. The first-order valence-electron chi connectivity index (χ1n) is 25.3. The van der Waals surface area contributed by atoms with Crippen molar-refractivity contribution in [1.29, 1.82) is 0 Å². The molecule has 0 saturated carbocycles. The quantitative estimate of drug-likeness (QED) is 0.152. The minimum absolute atomic E-state index is 0.599. The molecule has 0 amide bonds. The summed E-state index contributed by atoms with van der Waals surface area (Å²) in [5.74, 6) is 1.83. The summed E-state index contributed by atoms with van der Waals surface area (Å²) in [5, 5.41) is 7.39. The molecular weight excluding hydrogens is 931 g/mol. The average molecular weight is 974 g/mol. The van der Waals surface area contributed by atoms with Crippen molar-refractivity contribution in [2.75, 3.05) is 0 Å². The molecule has 0 spiro atoms. The highest BCUT2D eigenvalue weighted by Crippen LogP contribution is 2.47. The third-order valence-corrected chi connectivity index (χ3v) is 16.0. The lowest BCUT2D eigenvalue weighted by Crippen LogP contribution is -2.02. The number of hydrogen-bond acceptors (Lipinski definition) is 4. The summed E-state index contributed by atoms with van der Waals surface area (Å²) < 4.78 is 7.44. The Labute approximate surface area is 436 Å². The third kappa shape index (κ3) is 7.03. The minimum Gasteiger partial charge on any atom is -0.308 e. The molecule has 0 fully saturated rings. The van der Waals surface area contributed by atoms with Crippen molar-refractivity contribution in [2.45, 2.75) is 0 Å². The van der Waals surface area contributed by atoms with E-state index in [-0.39, 0.29) is 0 Å². The maximum Gasteiger partial charge on any atom is 0.164 e. The Bertz CT molecular complexity index is 4590. The Morgan fingerprint density at radius 2 is 0.653 bits per heavy atom. The van der Waals surface area contributed by atoms with Crippen molar-refractivity contribution in [3.8, 4) is 78.9 Å². The van der Waals surface area contributed by atoms with Crippen LogP contribution in [0.2, 0.25) is 0 Å². The molecule has 75 heavy (non-hydrogen) atoms. The SMILES string of the molecule is c1ccc(-c2ccc(-n3c4ccccc4c4ccc5c6ccc7c8ccccc8n(-c8cccc(-c9nc(-c%10ccccc%10-c%10ccccc%10)nc(-c%10ccccc%10-c%10ccccc%10)n9)c8)c7c6sc5c43)cc2)cc1. The lowest BCUT2D eigenvalue weighted by atomic mass is 9.98. The first-order valence-corrected chi connectivity index (χ1v) is 26.2. The molecule has 15 rings (SSSR count). The number of rotatable bonds is 8. The summed E-state index contributed by atoms with van der Waals surface area (Å²) >= 11 is 1.89. The summed E-state index contributed by atoms with van der Waals surface area (Å²) in [4.78, 5) is 16.1. The fourth-order valence-corrected chi connectivity index (χ4v) is 12.8. The van der Waals surface area contributed by atoms with E-state index in [1.807, 2.05) is 23.5 Å². The Morgan fingerprint density at radius 3 is 1.19 bits per heavy atom. The van der Waals surface area contributed by atoms with E-state index >= 15 is 0 Å². The van der Waals surface area contributed by atoms with E-state index < -0.39 is 0 Å². The van der Waals surface area contributed by atoms with Crippen LogP contribution < -0.4 is 0 Å². The number of thiophene rings is 1. The fourth-order valence-electron chi connectivity index (χ4n) is 11.4. The molecule has 0 radical (unpaired) electrons. The molecule has 0 aliphatic rings. The van der Waals surface area contributed by atoms with Crippen LogP contribution in [0.4, 0.5) is 0 Å². The van der Waals surface area contributed by atoms with Crippen molar-refractivity contribution in [1.82, 2.24) is 24.1 Å². The molecule has 15 aromatic rings. The van der Waals surface area contributed by atoms with Crippen molar-refractivity contribution < 1.29 is 0 Å². The van der Waals surface area contributed by atoms with Gasteiger partial charge in [-0.2, -0.15) is 0 Å². The molecular formula is C69H43N5S. The molecule has 0 atom stereocenters. The number of fused-ring (bicyclic) bond motifs is 11. The lowest BCUT2D eigenvalue weighted by molar-refractivity contribution is 1.07. The normalized spacial score (nSPS) is 11.7. The highest BCUT2D eigenvalue weighted by molar-refractivity contribution is 7.27. The van der Waals surface area contributed by atoms with Gasteiger partial charge >= 0.3 is 0 Å². The number of aromatic nitrogens is 5. The predicted molar refractivity (Wildman–Crippen MR) is 314 cm³/mol. The minimum atomic E-state index is 0.599. The number of benzene rings is 11. The number of para-hydroxylation sites is 2. The fraction of sp³-hybridized carbons (Fsp3) is 0. The highest BCUT2D eigenvalue weighted by atomic mass is 32.1. The highest BCUT2D eigenvalue weighted by Gasteiger charge is 2.23. The molecule has 5 nitrogen and oxygen atoms in total. The average Bonchev–Trinajstić information content (AvgIpc) is 4.16. The van der Waals surface area contributed by atoms with Gasteiger partial charge in [0.2, 0.25) is 0 Å². The summed E-state index contributed by atoms with van der Waals surface area (Å²) in [6.07, 6.45) is 0. The Morgan fingerprint density at radius 1 is 0.253 bits per heavy atom. The van der Waals surface area contributed by atoms with E-state index in [0.717, 1.165) is 55.8 Å². The second-order valence-electron chi connectivity index (χ2n) is 19.1. The summed E-state index contributed by atoms with van der Waals surface area (Å²) in [6, 6.07) is 93.1. The second-order valence-corrected chi connectivity index (χ2v) is 20.1. The van der Waals surface area contributed by atoms with Gasteiger partial charge in [-0.3, -0.25) is 0 Å². The van der Waals surface area contributed by atoms with Crippen LogP contribution in [-0.4, -0.2) is 24.1 Å². The molecule has 0 N–H and O–H groups in total. The van der Waals surface area contributed by atoms with Crippen LogP contribution in [0, 0.1) is 0 Å². The Hall–Kier alpha value is -9.75. The molecule has 11 aromatic carbocycles. The standard InChI is InChI=1S/C69H43N5S/c1-4-19-44(20-5-1)45-35-37-49(38-36-45)73-61-33-16-14-29-53(61)55-39-41-57-58-42-40-56-54-30-15-17-34-62(54)74(64(56)66(58)75-65(57)63(55)73)50-26-18-25-48(43-50)67-70-68(59-31-12-10-27-51(59)46-21-6-2-7-22-46)72-69(71-67)60-32-13-11-28-52(60)47-23-8-3-9-24-47/h1-43H. The number of hydrogen-bond donors (Lipinski definition) is 0. The third-order valence-electron chi connectivity index (χ3n) is 14.8. The molecule has 6 heteroatoms. The van der Waals surface area contributed by atoms with Crippen LogP contribution in [0.25, 0.3) is 143 Å². The molecule has 4 heterocycles. The van der Waals surface area contributed by atoms with E-state index in [2.05, 4.69) is 258 Å². The van der Waals surface area contributed by atoms with Crippen molar-refractivity contribution in [3.05, 3.63) is 261 Å². The van der Waals surface area contributed by atoms with E-state index in [0.29, 0.717) is 17.5 Å². The van der Waals surface area contributed by atoms with Gasteiger partial charge in [-0.1, -0.05) is 224 Å². The smallest absolute Gasteiger partial charge is 0.164 e. The van der Waals surface area contributed by atoms with Crippen molar-refractivity contribution >= 4 is 75.1 Å². The van der Waals surface area contributed by atoms with E-state index in [9.17, 15) is 0 Å². The van der Waals surface area contributed by atoms with Gasteiger partial charge in [0.25, 0.3) is 0 Å². The summed E-state index contributed by atoms with van der Waals surface area (Å²) in [6.45, 7) is 0. The van der Waals surface area contributed by atoms with Gasteiger partial charge in [-0.25, -0.2) is 15.0 Å². The first-order chi connectivity index (χ1) is 37.2. The van der Waals surface area contributed by atoms with Gasteiger partial charge in [-0.05, 0) is 69.8 Å². The zero-order valence-electron chi connectivity index (χ0n) is 40.5. The Kier molecular flexibility index (Phi) is 10.00. The monoisotopic (exact) mass is 973 g/mol. The van der Waals surface area contributed by atoms with Gasteiger partial charge in [0, 0.05) is 60.4 Å². The maximum absolute atomic E-state index is 5.38. The topological polar surface area (TPSA) is 48.5 Å². The Balaban J connectivity index is 0.948. The maximum atomic E-state index is 5.38. The van der Waals surface area contributed by atoms with Gasteiger partial charge in [0.15, 0.2) is 17.5 Å². The van der Waals surface area contributed by atoms with Gasteiger partial charge in [0.1, 0.15) is 0 Å². The zero-order chi connectivity index (χ0) is 49.4. The molecule has 4 aromatic heterocycles. The lowest BCUT2D eigenvalue weighted by Gasteiger charge is -2.14.